The first-order valence-electron chi connectivity index (χ1n) is 7.50. The molecule has 0 saturated carbocycles. The second kappa shape index (κ2) is 7.87. The van der Waals surface area contributed by atoms with Crippen molar-refractivity contribution in [1.29, 1.82) is 0 Å². The molecule has 8 nitrogen and oxygen atoms in total. The number of methoxy groups -OCH3 is 1. The summed E-state index contributed by atoms with van der Waals surface area (Å²) in [6, 6.07) is 11.6. The van der Waals surface area contributed by atoms with Crippen LogP contribution in [0.15, 0.2) is 53.4 Å². The standard InChI is InChI=1S/C17H18N2O6S/c1-11(16(18)20)25-17(21)12-4-3-5-15(10-12)26(22,23)19-13-6-8-14(24-2)9-7-13/h3-11,19H,1-2H3,(H2,18,20). The molecular formula is C17H18N2O6S. The zero-order chi connectivity index (χ0) is 19.3. The first-order valence-corrected chi connectivity index (χ1v) is 8.98. The largest absolute Gasteiger partial charge is 0.497 e. The third kappa shape index (κ3) is 4.73. The molecule has 0 spiro atoms. The average molecular weight is 378 g/mol. The van der Waals surface area contributed by atoms with Crippen LogP contribution in [0.5, 0.6) is 5.75 Å². The van der Waals surface area contributed by atoms with Crippen molar-refractivity contribution in [3.05, 3.63) is 54.1 Å². The summed E-state index contributed by atoms with van der Waals surface area (Å²) in [4.78, 5) is 22.8. The van der Waals surface area contributed by atoms with Gasteiger partial charge in [-0.15, -0.1) is 0 Å². The molecule has 138 valence electrons. The van der Waals surface area contributed by atoms with Crippen molar-refractivity contribution in [2.24, 2.45) is 5.73 Å². The lowest BCUT2D eigenvalue weighted by atomic mass is 10.2. The van der Waals surface area contributed by atoms with Gasteiger partial charge < -0.3 is 15.2 Å². The van der Waals surface area contributed by atoms with E-state index in [0.717, 1.165) is 6.07 Å². The number of esters is 1. The minimum Gasteiger partial charge on any atom is -0.497 e. The van der Waals surface area contributed by atoms with E-state index in [4.69, 9.17) is 15.2 Å². The normalized spacial score (nSPS) is 12.1. The molecule has 0 saturated heterocycles. The number of nitrogens with two attached hydrogens (primary N) is 1. The second-order valence-corrected chi connectivity index (χ2v) is 6.99. The van der Waals surface area contributed by atoms with Crippen LogP contribution in [-0.2, 0) is 19.6 Å². The SMILES string of the molecule is COc1ccc(NS(=O)(=O)c2cccc(C(=O)OC(C)C(N)=O)c2)cc1. The van der Waals surface area contributed by atoms with E-state index in [1.54, 1.807) is 24.3 Å². The van der Waals surface area contributed by atoms with Crippen molar-refractivity contribution >= 4 is 27.6 Å². The van der Waals surface area contributed by atoms with E-state index in [9.17, 15) is 18.0 Å². The number of anilines is 1. The highest BCUT2D eigenvalue weighted by Gasteiger charge is 2.20. The van der Waals surface area contributed by atoms with Crippen LogP contribution in [0.3, 0.4) is 0 Å². The van der Waals surface area contributed by atoms with Gasteiger partial charge in [0.2, 0.25) is 0 Å². The van der Waals surface area contributed by atoms with E-state index < -0.39 is 28.0 Å². The number of carbonyl (C=O) groups is 2. The Balaban J connectivity index is 2.21. The molecule has 1 atom stereocenters. The Morgan fingerprint density at radius 1 is 1.12 bits per heavy atom. The van der Waals surface area contributed by atoms with Gasteiger partial charge in [-0.05, 0) is 49.4 Å². The number of hydrogen-bond donors (Lipinski definition) is 2. The van der Waals surface area contributed by atoms with Crippen molar-refractivity contribution in [3.63, 3.8) is 0 Å². The summed E-state index contributed by atoms with van der Waals surface area (Å²) in [7, 11) is -2.42. The third-order valence-electron chi connectivity index (χ3n) is 3.41. The van der Waals surface area contributed by atoms with Crippen molar-refractivity contribution in [2.45, 2.75) is 17.9 Å². The smallest absolute Gasteiger partial charge is 0.338 e. The summed E-state index contributed by atoms with van der Waals surface area (Å²) in [5, 5.41) is 0. The van der Waals surface area contributed by atoms with E-state index in [1.165, 1.54) is 32.2 Å². The fourth-order valence-corrected chi connectivity index (χ4v) is 3.05. The first-order chi connectivity index (χ1) is 12.2. The Morgan fingerprint density at radius 2 is 1.77 bits per heavy atom. The van der Waals surface area contributed by atoms with Gasteiger partial charge in [-0.1, -0.05) is 6.07 Å². The van der Waals surface area contributed by atoms with Crippen LogP contribution >= 0.6 is 0 Å². The minimum atomic E-state index is -3.92. The van der Waals surface area contributed by atoms with Gasteiger partial charge in [-0.2, -0.15) is 0 Å². The molecule has 0 heterocycles. The molecule has 26 heavy (non-hydrogen) atoms. The van der Waals surface area contributed by atoms with E-state index in [1.807, 2.05) is 0 Å². The number of amides is 1. The molecule has 0 fully saturated rings. The highest BCUT2D eigenvalue weighted by molar-refractivity contribution is 7.92. The Labute approximate surface area is 151 Å². The van der Waals surface area contributed by atoms with Crippen molar-refractivity contribution in [1.82, 2.24) is 0 Å². The fourth-order valence-electron chi connectivity index (χ4n) is 1.95. The van der Waals surface area contributed by atoms with Gasteiger partial charge in [-0.3, -0.25) is 9.52 Å². The van der Waals surface area contributed by atoms with Crippen molar-refractivity contribution in [3.8, 4) is 5.75 Å². The summed E-state index contributed by atoms with van der Waals surface area (Å²) in [5.74, 6) is -1.07. The lowest BCUT2D eigenvalue weighted by Crippen LogP contribution is -2.30. The van der Waals surface area contributed by atoms with Gasteiger partial charge in [-0.25, -0.2) is 13.2 Å². The maximum Gasteiger partial charge on any atom is 0.338 e. The molecule has 0 aliphatic rings. The molecule has 2 aromatic carbocycles. The lowest BCUT2D eigenvalue weighted by molar-refractivity contribution is -0.125. The predicted octanol–water partition coefficient (Wildman–Crippen LogP) is 1.53. The van der Waals surface area contributed by atoms with Gasteiger partial charge in [0, 0.05) is 5.69 Å². The van der Waals surface area contributed by atoms with E-state index in [0.29, 0.717) is 11.4 Å². The first kappa shape index (κ1) is 19.3. The number of primary amides is 1. The molecule has 1 amide bonds. The van der Waals surface area contributed by atoms with Crippen molar-refractivity contribution in [2.75, 3.05) is 11.8 Å². The lowest BCUT2D eigenvalue weighted by Gasteiger charge is -2.11. The summed E-state index contributed by atoms with van der Waals surface area (Å²) in [6.45, 7) is 1.33. The molecule has 1 unspecified atom stereocenters. The molecule has 0 aliphatic heterocycles. The number of ether oxygens (including phenoxy) is 2. The molecular weight excluding hydrogens is 360 g/mol. The Bertz CT molecular complexity index is 909. The summed E-state index contributed by atoms with van der Waals surface area (Å²) >= 11 is 0. The summed E-state index contributed by atoms with van der Waals surface area (Å²) in [6.07, 6.45) is -1.12. The zero-order valence-corrected chi connectivity index (χ0v) is 14.9. The zero-order valence-electron chi connectivity index (χ0n) is 14.1. The summed E-state index contributed by atoms with van der Waals surface area (Å²) < 4.78 is 37.3. The fraction of sp³-hybridized carbons (Fsp3) is 0.176. The predicted molar refractivity (Wildman–Crippen MR) is 94.3 cm³/mol. The van der Waals surface area contributed by atoms with Crippen molar-refractivity contribution < 1.29 is 27.5 Å². The second-order valence-electron chi connectivity index (χ2n) is 5.31. The molecule has 2 aromatic rings. The van der Waals surface area contributed by atoms with Crippen LogP contribution in [0, 0.1) is 0 Å². The van der Waals surface area contributed by atoms with Crippen LogP contribution in [-0.4, -0.2) is 33.5 Å². The molecule has 0 radical (unpaired) electrons. The number of rotatable bonds is 7. The average Bonchev–Trinajstić information content (AvgIpc) is 2.62. The number of hydrogen-bond acceptors (Lipinski definition) is 6. The molecule has 9 heteroatoms. The van der Waals surface area contributed by atoms with E-state index in [-0.39, 0.29) is 10.5 Å². The van der Waals surface area contributed by atoms with Gasteiger partial charge in [0.1, 0.15) is 5.75 Å². The van der Waals surface area contributed by atoms with Crippen LogP contribution in [0.1, 0.15) is 17.3 Å². The molecule has 0 aliphatic carbocycles. The minimum absolute atomic E-state index is 0.0179. The maximum atomic E-state index is 12.5. The quantitative estimate of drug-likeness (QED) is 0.704. The number of nitrogens with one attached hydrogen (secondary N) is 1. The highest BCUT2D eigenvalue weighted by atomic mass is 32.2. The van der Waals surface area contributed by atoms with Crippen LogP contribution < -0.4 is 15.2 Å². The molecule has 2 rings (SSSR count). The molecule has 3 N–H and O–H groups in total. The van der Waals surface area contributed by atoms with Gasteiger partial charge >= 0.3 is 5.97 Å². The van der Waals surface area contributed by atoms with Gasteiger partial charge in [0.25, 0.3) is 15.9 Å². The topological polar surface area (TPSA) is 125 Å². The highest BCUT2D eigenvalue weighted by Crippen LogP contribution is 2.20. The molecule has 0 aromatic heterocycles. The van der Waals surface area contributed by atoms with Crippen LogP contribution in [0.4, 0.5) is 5.69 Å². The maximum absolute atomic E-state index is 12.5. The number of carbonyl (C=O) groups excluding carboxylic acids is 2. The molecule has 0 bridgehead atoms. The Kier molecular flexibility index (Phi) is 5.83. The van der Waals surface area contributed by atoms with Gasteiger partial charge in [0.05, 0.1) is 17.6 Å². The number of sulfonamides is 1. The Morgan fingerprint density at radius 3 is 2.35 bits per heavy atom. The monoisotopic (exact) mass is 378 g/mol. The van der Waals surface area contributed by atoms with Crippen LogP contribution in [0.25, 0.3) is 0 Å². The summed E-state index contributed by atoms with van der Waals surface area (Å²) in [5.41, 5.74) is 5.35. The Hall–Kier alpha value is -3.07. The number of benzene rings is 2. The van der Waals surface area contributed by atoms with Gasteiger partial charge in [0.15, 0.2) is 6.10 Å². The van der Waals surface area contributed by atoms with E-state index in [2.05, 4.69) is 4.72 Å². The third-order valence-corrected chi connectivity index (χ3v) is 4.79. The van der Waals surface area contributed by atoms with E-state index >= 15 is 0 Å². The van der Waals surface area contributed by atoms with Crippen LogP contribution in [0.2, 0.25) is 0 Å².